The number of aromatic nitrogens is 1. The molecule has 0 atom stereocenters. The van der Waals surface area contributed by atoms with Crippen LogP contribution in [0.5, 0.6) is 0 Å². The van der Waals surface area contributed by atoms with E-state index in [1.807, 2.05) is 0 Å². The first kappa shape index (κ1) is 18.3. The molecule has 1 aromatic rings. The van der Waals surface area contributed by atoms with Gasteiger partial charge in [0.2, 0.25) is 0 Å². The summed E-state index contributed by atoms with van der Waals surface area (Å²) >= 11 is 12.3. The van der Waals surface area contributed by atoms with Gasteiger partial charge in [0, 0.05) is 19.6 Å². The Labute approximate surface area is 138 Å². The van der Waals surface area contributed by atoms with Gasteiger partial charge < -0.3 is 15.5 Å². The average Bonchev–Trinajstić information content (AvgIpc) is 2.47. The second-order valence-corrected chi connectivity index (χ2v) is 5.75. The van der Waals surface area contributed by atoms with Gasteiger partial charge in [-0.25, -0.2) is 4.98 Å². The van der Waals surface area contributed by atoms with Crippen LogP contribution in [0, 0.1) is 0 Å². The van der Waals surface area contributed by atoms with Crippen molar-refractivity contribution in [2.45, 2.75) is 33.6 Å². The summed E-state index contributed by atoms with van der Waals surface area (Å²) in [6.07, 6.45) is 2.19. The van der Waals surface area contributed by atoms with Crippen molar-refractivity contribution in [2.24, 2.45) is 0 Å². The number of likely N-dealkylation sites (N-methyl/N-ethyl adjacent to an activating group) is 1. The maximum absolute atomic E-state index is 6.20. The monoisotopic (exact) mass is 332 g/mol. The number of hydrogen-bond acceptors (Lipinski definition) is 4. The predicted molar refractivity (Wildman–Crippen MR) is 93.9 cm³/mol. The second-order valence-electron chi connectivity index (χ2n) is 4.94. The van der Waals surface area contributed by atoms with Gasteiger partial charge >= 0.3 is 0 Å². The number of pyridine rings is 1. The maximum Gasteiger partial charge on any atom is 0.147 e. The average molecular weight is 333 g/mol. The second kappa shape index (κ2) is 10.1. The van der Waals surface area contributed by atoms with Gasteiger partial charge in [-0.3, -0.25) is 0 Å². The molecule has 0 bridgehead atoms. The van der Waals surface area contributed by atoms with Gasteiger partial charge in [0.15, 0.2) is 0 Å². The Kier molecular flexibility index (Phi) is 8.81. The normalized spacial score (nSPS) is 11.0. The minimum atomic E-state index is 0.556. The Bertz CT molecular complexity index is 426. The quantitative estimate of drug-likeness (QED) is 0.668. The topological polar surface area (TPSA) is 40.2 Å². The van der Waals surface area contributed by atoms with Crippen molar-refractivity contribution in [3.63, 3.8) is 0 Å². The summed E-state index contributed by atoms with van der Waals surface area (Å²) in [5.41, 5.74) is 0. The first-order valence-electron chi connectivity index (χ1n) is 7.68. The predicted octanol–water partition coefficient (Wildman–Crippen LogP) is 4.35. The summed E-state index contributed by atoms with van der Waals surface area (Å²) in [5.74, 6) is 1.37. The lowest BCUT2D eigenvalue weighted by atomic mass is 10.3. The van der Waals surface area contributed by atoms with Crippen LogP contribution in [-0.2, 0) is 0 Å². The zero-order valence-corrected chi connectivity index (χ0v) is 14.7. The molecule has 0 aliphatic rings. The minimum Gasteiger partial charge on any atom is -0.369 e. The molecular weight excluding hydrogens is 307 g/mol. The standard InChI is InChI=1S/C15H26Cl2N4/c1-4-7-18-14-12(16)11-13(17)15(20-14)19-8-10-21(6-3)9-5-2/h11H,4-10H2,1-3H3,(H2,18,19,20). The van der Waals surface area contributed by atoms with Gasteiger partial charge in [0.1, 0.15) is 11.6 Å². The van der Waals surface area contributed by atoms with E-state index in [2.05, 4.69) is 41.3 Å². The van der Waals surface area contributed by atoms with E-state index in [1.54, 1.807) is 6.07 Å². The van der Waals surface area contributed by atoms with Crippen LogP contribution in [0.3, 0.4) is 0 Å². The van der Waals surface area contributed by atoms with Crippen molar-refractivity contribution >= 4 is 34.8 Å². The van der Waals surface area contributed by atoms with Crippen LogP contribution in [0.15, 0.2) is 6.07 Å². The van der Waals surface area contributed by atoms with Crippen LogP contribution in [0.25, 0.3) is 0 Å². The molecule has 6 heteroatoms. The smallest absolute Gasteiger partial charge is 0.147 e. The number of hydrogen-bond donors (Lipinski definition) is 2. The number of rotatable bonds is 10. The van der Waals surface area contributed by atoms with E-state index in [-0.39, 0.29) is 0 Å². The summed E-state index contributed by atoms with van der Waals surface area (Å²) in [6, 6.07) is 1.74. The van der Waals surface area contributed by atoms with Crippen molar-refractivity contribution in [1.29, 1.82) is 0 Å². The molecule has 1 aromatic heterocycles. The molecule has 2 N–H and O–H groups in total. The molecule has 120 valence electrons. The van der Waals surface area contributed by atoms with Gasteiger partial charge in [-0.1, -0.05) is 44.0 Å². The van der Waals surface area contributed by atoms with E-state index < -0.39 is 0 Å². The largest absolute Gasteiger partial charge is 0.369 e. The summed E-state index contributed by atoms with van der Waals surface area (Å²) in [4.78, 5) is 6.87. The third-order valence-electron chi connectivity index (χ3n) is 3.18. The molecule has 0 aliphatic carbocycles. The Hall–Kier alpha value is -0.710. The fourth-order valence-corrected chi connectivity index (χ4v) is 2.53. The molecule has 1 heterocycles. The summed E-state index contributed by atoms with van der Waals surface area (Å²) in [5, 5.41) is 7.62. The lowest BCUT2D eigenvalue weighted by Gasteiger charge is -2.20. The van der Waals surface area contributed by atoms with Gasteiger partial charge in [0.05, 0.1) is 10.0 Å². The van der Waals surface area contributed by atoms with Gasteiger partial charge in [-0.05, 0) is 32.0 Å². The number of nitrogens with one attached hydrogen (secondary N) is 2. The van der Waals surface area contributed by atoms with E-state index in [1.165, 1.54) is 6.42 Å². The molecule has 0 amide bonds. The Morgan fingerprint density at radius 3 is 2.10 bits per heavy atom. The highest BCUT2D eigenvalue weighted by atomic mass is 35.5. The molecule has 1 rings (SSSR count). The maximum atomic E-state index is 6.20. The molecule has 0 saturated heterocycles. The molecule has 0 spiro atoms. The molecule has 0 fully saturated rings. The van der Waals surface area contributed by atoms with Crippen molar-refractivity contribution in [1.82, 2.24) is 9.88 Å². The molecule has 21 heavy (non-hydrogen) atoms. The summed E-state index contributed by atoms with van der Waals surface area (Å²) < 4.78 is 0. The van der Waals surface area contributed by atoms with E-state index in [0.717, 1.165) is 39.1 Å². The van der Waals surface area contributed by atoms with Crippen LogP contribution in [0.1, 0.15) is 33.6 Å². The minimum absolute atomic E-state index is 0.556. The van der Waals surface area contributed by atoms with Crippen molar-refractivity contribution in [3.05, 3.63) is 16.1 Å². The molecule has 0 saturated carbocycles. The Balaban J connectivity index is 2.61. The third kappa shape index (κ3) is 6.29. The molecule has 0 aliphatic heterocycles. The van der Waals surface area contributed by atoms with E-state index in [9.17, 15) is 0 Å². The highest BCUT2D eigenvalue weighted by molar-refractivity contribution is 6.37. The van der Waals surface area contributed by atoms with E-state index >= 15 is 0 Å². The molecular formula is C15H26Cl2N4. The van der Waals surface area contributed by atoms with E-state index in [0.29, 0.717) is 21.7 Å². The summed E-state index contributed by atoms with van der Waals surface area (Å²) in [7, 11) is 0. The fourth-order valence-electron chi connectivity index (χ4n) is 2.03. The molecule has 0 radical (unpaired) electrons. The Morgan fingerprint density at radius 1 is 0.952 bits per heavy atom. The Morgan fingerprint density at radius 2 is 1.57 bits per heavy atom. The highest BCUT2D eigenvalue weighted by Crippen LogP contribution is 2.29. The van der Waals surface area contributed by atoms with Crippen LogP contribution >= 0.6 is 23.2 Å². The zero-order valence-electron chi connectivity index (χ0n) is 13.2. The number of nitrogens with zero attached hydrogens (tertiary/aromatic N) is 2. The molecule has 0 aromatic carbocycles. The van der Waals surface area contributed by atoms with Crippen molar-refractivity contribution in [3.8, 4) is 0 Å². The van der Waals surface area contributed by atoms with Crippen LogP contribution < -0.4 is 10.6 Å². The van der Waals surface area contributed by atoms with Crippen LogP contribution in [0.4, 0.5) is 11.6 Å². The van der Waals surface area contributed by atoms with Crippen LogP contribution in [-0.4, -0.2) is 42.6 Å². The molecule has 0 unspecified atom stereocenters. The van der Waals surface area contributed by atoms with Crippen molar-refractivity contribution in [2.75, 3.05) is 43.4 Å². The first-order valence-corrected chi connectivity index (χ1v) is 8.44. The number of halogens is 2. The first-order chi connectivity index (χ1) is 10.1. The van der Waals surface area contributed by atoms with Gasteiger partial charge in [-0.2, -0.15) is 0 Å². The van der Waals surface area contributed by atoms with Gasteiger partial charge in [-0.15, -0.1) is 0 Å². The fraction of sp³-hybridized carbons (Fsp3) is 0.667. The SMILES string of the molecule is CCCNc1nc(NCCN(CC)CCC)c(Cl)cc1Cl. The molecule has 4 nitrogen and oxygen atoms in total. The van der Waals surface area contributed by atoms with Gasteiger partial charge in [0.25, 0.3) is 0 Å². The van der Waals surface area contributed by atoms with Crippen LogP contribution in [0.2, 0.25) is 10.0 Å². The zero-order chi connectivity index (χ0) is 15.7. The number of anilines is 2. The lowest BCUT2D eigenvalue weighted by Crippen LogP contribution is -2.29. The highest BCUT2D eigenvalue weighted by Gasteiger charge is 2.09. The van der Waals surface area contributed by atoms with Crippen molar-refractivity contribution < 1.29 is 0 Å². The lowest BCUT2D eigenvalue weighted by molar-refractivity contribution is 0.300. The van der Waals surface area contributed by atoms with E-state index in [4.69, 9.17) is 23.2 Å². The third-order valence-corrected chi connectivity index (χ3v) is 3.76. The summed E-state index contributed by atoms with van der Waals surface area (Å²) in [6.45, 7) is 11.3.